The molecule has 1 amide bonds. The summed E-state index contributed by atoms with van der Waals surface area (Å²) in [6, 6.07) is 1.42. The van der Waals surface area contributed by atoms with E-state index in [1.165, 1.54) is 6.07 Å². The first-order chi connectivity index (χ1) is 9.68. The van der Waals surface area contributed by atoms with Crippen molar-refractivity contribution in [1.82, 2.24) is 24.5 Å². The van der Waals surface area contributed by atoms with Gasteiger partial charge in [0.2, 0.25) is 5.91 Å². The Hall–Kier alpha value is -2.32. The maximum absolute atomic E-state index is 12.6. The second-order valence-corrected chi connectivity index (χ2v) is 5.54. The Morgan fingerprint density at radius 3 is 2.52 bits per heavy atom. The second-order valence-electron chi connectivity index (χ2n) is 5.54. The molecule has 0 saturated carbocycles. The van der Waals surface area contributed by atoms with Gasteiger partial charge in [-0.15, -0.1) is 0 Å². The van der Waals surface area contributed by atoms with Gasteiger partial charge in [-0.3, -0.25) is 4.79 Å². The monoisotopic (exact) mass is 298 g/mol. The zero-order chi connectivity index (χ0) is 15.8. The molecule has 2 rings (SSSR count). The summed E-state index contributed by atoms with van der Waals surface area (Å²) in [4.78, 5) is 15.2. The van der Waals surface area contributed by atoms with E-state index in [1.54, 1.807) is 4.68 Å². The summed E-state index contributed by atoms with van der Waals surface area (Å²) in [5.74, 6) is -0.0112. The van der Waals surface area contributed by atoms with Gasteiger partial charge in [0.1, 0.15) is 5.69 Å². The predicted molar refractivity (Wildman–Crippen MR) is 70.4 cm³/mol. The van der Waals surface area contributed by atoms with Crippen molar-refractivity contribution in [1.29, 1.82) is 0 Å². The lowest BCUT2D eigenvalue weighted by Crippen LogP contribution is -2.24. The van der Waals surface area contributed by atoms with Crippen molar-refractivity contribution in [3.63, 3.8) is 0 Å². The van der Waals surface area contributed by atoms with Crippen molar-refractivity contribution in [2.75, 3.05) is 0 Å². The van der Waals surface area contributed by atoms with Gasteiger partial charge in [0.05, 0.1) is 12.0 Å². The summed E-state index contributed by atoms with van der Waals surface area (Å²) >= 11 is 0. The van der Waals surface area contributed by atoms with Crippen molar-refractivity contribution < 1.29 is 13.6 Å². The van der Waals surface area contributed by atoms with E-state index in [0.717, 1.165) is 6.20 Å². The zero-order valence-corrected chi connectivity index (χ0v) is 11.9. The number of aromatic nitrogens is 5. The van der Waals surface area contributed by atoms with Gasteiger partial charge in [-0.05, 0) is 26.8 Å². The Bertz CT molecular complexity index is 655. The predicted octanol–water partition coefficient (Wildman–Crippen LogP) is 1.32. The van der Waals surface area contributed by atoms with E-state index in [-0.39, 0.29) is 17.9 Å². The van der Waals surface area contributed by atoms with Gasteiger partial charge >= 0.3 is 6.55 Å². The number of nitrogens with two attached hydrogens (primary N) is 1. The third-order valence-corrected chi connectivity index (χ3v) is 2.66. The fourth-order valence-electron chi connectivity index (χ4n) is 1.78. The van der Waals surface area contributed by atoms with Crippen LogP contribution in [-0.4, -0.2) is 30.5 Å². The molecule has 2 aromatic heterocycles. The normalized spacial score (nSPS) is 12.1. The fraction of sp³-hybridized carbons (Fsp3) is 0.500. The van der Waals surface area contributed by atoms with E-state index in [1.807, 2.05) is 20.8 Å². The minimum absolute atomic E-state index is 0.119. The molecule has 0 atom stereocenters. The summed E-state index contributed by atoms with van der Waals surface area (Å²) in [6.07, 6.45) is 1.04. The van der Waals surface area contributed by atoms with Gasteiger partial charge in [0, 0.05) is 6.20 Å². The molecule has 2 N–H and O–H groups in total. The first-order valence-electron chi connectivity index (χ1n) is 6.27. The Balaban J connectivity index is 2.49. The average molecular weight is 298 g/mol. The van der Waals surface area contributed by atoms with Crippen molar-refractivity contribution in [3.8, 4) is 11.5 Å². The third-order valence-electron chi connectivity index (χ3n) is 2.66. The number of amides is 1. The van der Waals surface area contributed by atoms with Crippen LogP contribution in [-0.2, 0) is 16.8 Å². The number of alkyl halides is 2. The van der Waals surface area contributed by atoms with E-state index in [9.17, 15) is 13.6 Å². The van der Waals surface area contributed by atoms with E-state index >= 15 is 0 Å². The molecule has 0 aromatic carbocycles. The minimum atomic E-state index is -2.73. The molecular weight excluding hydrogens is 282 g/mol. The standard InChI is InChI=1S/C12H16F2N6O/c1-12(2,3)20-10(16-9(18-20)6-8(15)21)7-4-5-19(17-7)11(13)14/h4-5,11H,6H2,1-3H3,(H2,15,21). The molecule has 9 heteroatoms. The molecule has 0 radical (unpaired) electrons. The van der Waals surface area contributed by atoms with E-state index in [2.05, 4.69) is 15.2 Å². The first kappa shape index (κ1) is 15.1. The Morgan fingerprint density at radius 2 is 2.05 bits per heavy atom. The van der Waals surface area contributed by atoms with Crippen LogP contribution in [0.5, 0.6) is 0 Å². The highest BCUT2D eigenvalue weighted by Crippen LogP contribution is 2.24. The lowest BCUT2D eigenvalue weighted by atomic mass is 10.1. The molecule has 114 valence electrons. The van der Waals surface area contributed by atoms with Crippen LogP contribution >= 0.6 is 0 Å². The quantitative estimate of drug-likeness (QED) is 0.921. The van der Waals surface area contributed by atoms with Gasteiger partial charge < -0.3 is 5.73 Å². The number of halogens is 2. The SMILES string of the molecule is CC(C)(C)n1nc(CC(N)=O)nc1-c1ccn(C(F)F)n1. The van der Waals surface area contributed by atoms with Gasteiger partial charge in [0.15, 0.2) is 11.6 Å². The fourth-order valence-corrected chi connectivity index (χ4v) is 1.78. The van der Waals surface area contributed by atoms with Crippen LogP contribution in [0, 0.1) is 0 Å². The molecule has 2 aromatic rings. The lowest BCUT2D eigenvalue weighted by molar-refractivity contribution is -0.117. The highest BCUT2D eigenvalue weighted by molar-refractivity contribution is 5.75. The Kier molecular flexibility index (Phi) is 3.75. The number of nitrogens with zero attached hydrogens (tertiary/aromatic N) is 5. The molecule has 0 unspecified atom stereocenters. The van der Waals surface area contributed by atoms with Gasteiger partial charge in [-0.2, -0.15) is 19.0 Å². The largest absolute Gasteiger partial charge is 0.369 e. The summed E-state index contributed by atoms with van der Waals surface area (Å²) in [5.41, 5.74) is 4.93. The number of rotatable bonds is 4. The smallest absolute Gasteiger partial charge is 0.333 e. The van der Waals surface area contributed by atoms with Crippen molar-refractivity contribution >= 4 is 5.91 Å². The number of hydrogen-bond acceptors (Lipinski definition) is 4. The van der Waals surface area contributed by atoms with Crippen molar-refractivity contribution in [2.24, 2.45) is 5.73 Å². The van der Waals surface area contributed by atoms with E-state index in [4.69, 9.17) is 5.73 Å². The molecule has 0 bridgehead atoms. The van der Waals surface area contributed by atoms with Crippen LogP contribution in [0.15, 0.2) is 12.3 Å². The van der Waals surface area contributed by atoms with Gasteiger partial charge in [0.25, 0.3) is 0 Å². The molecule has 0 aliphatic rings. The van der Waals surface area contributed by atoms with E-state index in [0.29, 0.717) is 10.5 Å². The number of hydrogen-bond donors (Lipinski definition) is 1. The molecule has 0 aliphatic heterocycles. The topological polar surface area (TPSA) is 91.6 Å². The molecule has 21 heavy (non-hydrogen) atoms. The van der Waals surface area contributed by atoms with Gasteiger partial charge in [-0.1, -0.05) is 0 Å². The highest BCUT2D eigenvalue weighted by atomic mass is 19.3. The molecule has 0 spiro atoms. The number of primary amides is 1. The molecule has 0 saturated heterocycles. The van der Waals surface area contributed by atoms with E-state index < -0.39 is 18.0 Å². The summed E-state index contributed by atoms with van der Waals surface area (Å²) < 4.78 is 27.3. The summed E-state index contributed by atoms with van der Waals surface area (Å²) in [6.45, 7) is 2.91. The van der Waals surface area contributed by atoms with Crippen LogP contribution in [0.25, 0.3) is 11.5 Å². The van der Waals surface area contributed by atoms with Crippen LogP contribution in [0.3, 0.4) is 0 Å². The molecular formula is C12H16F2N6O. The first-order valence-corrected chi connectivity index (χ1v) is 6.27. The van der Waals surface area contributed by atoms with Crippen molar-refractivity contribution in [3.05, 3.63) is 18.1 Å². The van der Waals surface area contributed by atoms with Crippen LogP contribution in [0.1, 0.15) is 33.1 Å². The maximum Gasteiger partial charge on any atom is 0.333 e. The van der Waals surface area contributed by atoms with Crippen LogP contribution < -0.4 is 5.73 Å². The summed E-state index contributed by atoms with van der Waals surface area (Å²) in [7, 11) is 0. The average Bonchev–Trinajstić information content (AvgIpc) is 2.91. The second kappa shape index (κ2) is 5.23. The van der Waals surface area contributed by atoms with Crippen LogP contribution in [0.4, 0.5) is 8.78 Å². The molecule has 0 fully saturated rings. The number of carbonyl (C=O) groups is 1. The Labute approximate surface area is 119 Å². The van der Waals surface area contributed by atoms with Gasteiger partial charge in [-0.25, -0.2) is 14.3 Å². The minimum Gasteiger partial charge on any atom is -0.369 e. The Morgan fingerprint density at radius 1 is 1.38 bits per heavy atom. The lowest BCUT2D eigenvalue weighted by Gasteiger charge is -2.20. The molecule has 2 heterocycles. The highest BCUT2D eigenvalue weighted by Gasteiger charge is 2.24. The third kappa shape index (κ3) is 3.23. The number of carbonyl (C=O) groups excluding carboxylic acids is 1. The zero-order valence-electron chi connectivity index (χ0n) is 11.9. The van der Waals surface area contributed by atoms with Crippen molar-refractivity contribution in [2.45, 2.75) is 39.3 Å². The molecule has 0 aliphatic carbocycles. The summed E-state index contributed by atoms with van der Waals surface area (Å²) in [5, 5.41) is 7.99. The molecule has 7 nitrogen and oxygen atoms in total. The maximum atomic E-state index is 12.6. The van der Waals surface area contributed by atoms with Crippen LogP contribution in [0.2, 0.25) is 0 Å².